The maximum atomic E-state index is 12.2. The molecular formula is C17H26N2O2. The fourth-order valence-electron chi connectivity index (χ4n) is 3.00. The Kier molecular flexibility index (Phi) is 6.21. The van der Waals surface area contributed by atoms with Crippen molar-refractivity contribution in [3.05, 3.63) is 35.9 Å². The van der Waals surface area contributed by atoms with E-state index in [1.54, 1.807) is 0 Å². The molecular weight excluding hydrogens is 264 g/mol. The van der Waals surface area contributed by atoms with Crippen molar-refractivity contribution >= 4 is 5.97 Å². The van der Waals surface area contributed by atoms with Gasteiger partial charge >= 0.3 is 5.97 Å². The van der Waals surface area contributed by atoms with Gasteiger partial charge in [-0.1, -0.05) is 37.3 Å². The second kappa shape index (κ2) is 8.15. The summed E-state index contributed by atoms with van der Waals surface area (Å²) in [5, 5.41) is 3.41. The molecule has 1 aromatic rings. The topological polar surface area (TPSA) is 41.6 Å². The van der Waals surface area contributed by atoms with Crippen LogP contribution >= 0.6 is 0 Å². The highest BCUT2D eigenvalue weighted by Gasteiger charge is 2.26. The monoisotopic (exact) mass is 290 g/mol. The molecule has 1 aliphatic rings. The highest BCUT2D eigenvalue weighted by atomic mass is 16.5. The largest absolute Gasteiger partial charge is 0.465 e. The SMILES string of the molecule is CCOC(=O)C(NCC1CCCN1CC)c1ccccc1. The Balaban J connectivity index is 2.01. The summed E-state index contributed by atoms with van der Waals surface area (Å²) in [6, 6.07) is 9.97. The van der Waals surface area contributed by atoms with Crippen molar-refractivity contribution in [2.24, 2.45) is 0 Å². The van der Waals surface area contributed by atoms with Gasteiger partial charge in [-0.2, -0.15) is 0 Å². The van der Waals surface area contributed by atoms with Crippen LogP contribution in [0, 0.1) is 0 Å². The van der Waals surface area contributed by atoms with Gasteiger partial charge in [0.2, 0.25) is 0 Å². The molecule has 0 amide bonds. The first kappa shape index (κ1) is 16.0. The lowest BCUT2D eigenvalue weighted by atomic mass is 10.1. The lowest BCUT2D eigenvalue weighted by Gasteiger charge is -2.25. The predicted octanol–water partition coefficient (Wildman–Crippen LogP) is 2.36. The van der Waals surface area contributed by atoms with Gasteiger partial charge in [0.1, 0.15) is 6.04 Å². The molecule has 1 heterocycles. The maximum absolute atomic E-state index is 12.2. The molecule has 4 heteroatoms. The minimum Gasteiger partial charge on any atom is -0.465 e. The zero-order valence-electron chi connectivity index (χ0n) is 13.0. The van der Waals surface area contributed by atoms with Crippen LogP contribution in [0.15, 0.2) is 30.3 Å². The first-order valence-corrected chi connectivity index (χ1v) is 7.95. The van der Waals surface area contributed by atoms with Gasteiger partial charge < -0.3 is 4.74 Å². The first-order valence-electron chi connectivity index (χ1n) is 7.95. The molecule has 2 unspecified atom stereocenters. The van der Waals surface area contributed by atoms with Gasteiger partial charge in [-0.25, -0.2) is 4.79 Å². The van der Waals surface area contributed by atoms with Crippen LogP contribution in [0.1, 0.15) is 38.3 Å². The molecule has 116 valence electrons. The van der Waals surface area contributed by atoms with Crippen LogP contribution in [0.2, 0.25) is 0 Å². The second-order valence-electron chi connectivity index (χ2n) is 5.43. The van der Waals surface area contributed by atoms with Crippen LogP contribution in [0.5, 0.6) is 0 Å². The average Bonchev–Trinajstić information content (AvgIpc) is 2.96. The number of benzene rings is 1. The second-order valence-corrected chi connectivity index (χ2v) is 5.43. The van der Waals surface area contributed by atoms with Crippen molar-refractivity contribution in [1.29, 1.82) is 0 Å². The van der Waals surface area contributed by atoms with Crippen LogP contribution in [0.4, 0.5) is 0 Å². The van der Waals surface area contributed by atoms with Gasteiger partial charge in [0, 0.05) is 12.6 Å². The van der Waals surface area contributed by atoms with E-state index in [1.165, 1.54) is 12.8 Å². The van der Waals surface area contributed by atoms with E-state index in [-0.39, 0.29) is 12.0 Å². The molecule has 0 radical (unpaired) electrons. The first-order chi connectivity index (χ1) is 10.3. The van der Waals surface area contributed by atoms with Crippen molar-refractivity contribution in [2.45, 2.75) is 38.8 Å². The van der Waals surface area contributed by atoms with Crippen molar-refractivity contribution in [2.75, 3.05) is 26.2 Å². The van der Waals surface area contributed by atoms with Crippen LogP contribution in [-0.2, 0) is 9.53 Å². The highest BCUT2D eigenvalue weighted by Crippen LogP contribution is 2.19. The number of ether oxygens (including phenoxy) is 1. The van der Waals surface area contributed by atoms with E-state index >= 15 is 0 Å². The lowest BCUT2D eigenvalue weighted by molar-refractivity contribution is -0.145. The third-order valence-corrected chi connectivity index (χ3v) is 4.12. The molecule has 2 rings (SSSR count). The Bertz CT molecular complexity index is 436. The van der Waals surface area contributed by atoms with Gasteiger partial charge in [-0.3, -0.25) is 10.2 Å². The molecule has 2 atom stereocenters. The van der Waals surface area contributed by atoms with Crippen molar-refractivity contribution in [1.82, 2.24) is 10.2 Å². The third-order valence-electron chi connectivity index (χ3n) is 4.12. The predicted molar refractivity (Wildman–Crippen MR) is 84.1 cm³/mol. The van der Waals surface area contributed by atoms with Crippen molar-refractivity contribution in [3.63, 3.8) is 0 Å². The summed E-state index contributed by atoms with van der Waals surface area (Å²) < 4.78 is 5.21. The van der Waals surface area contributed by atoms with E-state index < -0.39 is 0 Å². The summed E-state index contributed by atoms with van der Waals surface area (Å²) in [4.78, 5) is 14.7. The van der Waals surface area contributed by atoms with E-state index in [2.05, 4.69) is 17.1 Å². The number of hydrogen-bond acceptors (Lipinski definition) is 4. The smallest absolute Gasteiger partial charge is 0.327 e. The van der Waals surface area contributed by atoms with E-state index in [9.17, 15) is 4.79 Å². The number of likely N-dealkylation sites (tertiary alicyclic amines) is 1. The lowest BCUT2D eigenvalue weighted by Crippen LogP contribution is -2.41. The summed E-state index contributed by atoms with van der Waals surface area (Å²) in [6.45, 7) is 7.51. The molecule has 0 aromatic heterocycles. The van der Waals surface area contributed by atoms with Crippen molar-refractivity contribution < 1.29 is 9.53 Å². The zero-order chi connectivity index (χ0) is 15.1. The quantitative estimate of drug-likeness (QED) is 0.783. The van der Waals surface area contributed by atoms with Crippen LogP contribution < -0.4 is 5.32 Å². The molecule has 1 N–H and O–H groups in total. The van der Waals surface area contributed by atoms with E-state index in [1.807, 2.05) is 37.3 Å². The Morgan fingerprint density at radius 3 is 2.81 bits per heavy atom. The van der Waals surface area contributed by atoms with Gasteiger partial charge in [-0.05, 0) is 38.4 Å². The normalized spacial score (nSPS) is 20.4. The Morgan fingerprint density at radius 2 is 2.14 bits per heavy atom. The van der Waals surface area contributed by atoms with E-state index in [0.29, 0.717) is 12.6 Å². The van der Waals surface area contributed by atoms with Crippen LogP contribution in [0.3, 0.4) is 0 Å². The summed E-state index contributed by atoms with van der Waals surface area (Å²) in [5.41, 5.74) is 0.969. The average molecular weight is 290 g/mol. The number of esters is 1. The molecule has 0 spiro atoms. The number of nitrogens with zero attached hydrogens (tertiary/aromatic N) is 1. The number of carbonyl (C=O) groups is 1. The Morgan fingerprint density at radius 1 is 1.38 bits per heavy atom. The standard InChI is InChI=1S/C17H26N2O2/c1-3-19-12-8-11-15(19)13-18-16(17(20)21-4-2)14-9-6-5-7-10-14/h5-7,9-10,15-16,18H,3-4,8,11-13H2,1-2H3. The van der Waals surface area contributed by atoms with E-state index in [0.717, 1.165) is 25.2 Å². The number of rotatable bonds is 7. The zero-order valence-corrected chi connectivity index (χ0v) is 13.0. The number of likely N-dealkylation sites (N-methyl/N-ethyl adjacent to an activating group) is 1. The minimum atomic E-state index is -0.370. The molecule has 1 aliphatic heterocycles. The molecule has 0 aliphatic carbocycles. The molecule has 1 aromatic carbocycles. The fourth-order valence-corrected chi connectivity index (χ4v) is 3.00. The molecule has 0 saturated carbocycles. The number of carbonyl (C=O) groups excluding carboxylic acids is 1. The Hall–Kier alpha value is -1.39. The number of hydrogen-bond donors (Lipinski definition) is 1. The minimum absolute atomic E-state index is 0.190. The molecule has 1 fully saturated rings. The summed E-state index contributed by atoms with van der Waals surface area (Å²) in [5.74, 6) is -0.190. The van der Waals surface area contributed by atoms with Gasteiger partial charge in [0.05, 0.1) is 6.61 Å². The van der Waals surface area contributed by atoms with Crippen molar-refractivity contribution in [3.8, 4) is 0 Å². The van der Waals surface area contributed by atoms with Gasteiger partial charge in [0.25, 0.3) is 0 Å². The Labute approximate surface area is 127 Å². The van der Waals surface area contributed by atoms with E-state index in [4.69, 9.17) is 4.74 Å². The maximum Gasteiger partial charge on any atom is 0.327 e. The summed E-state index contributed by atoms with van der Waals surface area (Å²) in [6.07, 6.45) is 2.45. The molecule has 4 nitrogen and oxygen atoms in total. The summed E-state index contributed by atoms with van der Waals surface area (Å²) >= 11 is 0. The number of nitrogens with one attached hydrogen (secondary N) is 1. The molecule has 21 heavy (non-hydrogen) atoms. The fraction of sp³-hybridized carbons (Fsp3) is 0.588. The molecule has 1 saturated heterocycles. The van der Waals surface area contributed by atoms with Gasteiger partial charge in [0.15, 0.2) is 0 Å². The van der Waals surface area contributed by atoms with Crippen LogP contribution in [-0.4, -0.2) is 43.2 Å². The highest BCUT2D eigenvalue weighted by molar-refractivity contribution is 5.77. The van der Waals surface area contributed by atoms with Crippen LogP contribution in [0.25, 0.3) is 0 Å². The summed E-state index contributed by atoms with van der Waals surface area (Å²) in [7, 11) is 0. The van der Waals surface area contributed by atoms with Gasteiger partial charge in [-0.15, -0.1) is 0 Å². The molecule has 0 bridgehead atoms. The third kappa shape index (κ3) is 4.29.